The van der Waals surface area contributed by atoms with Crippen LogP contribution in [-0.4, -0.2) is 164 Å². The van der Waals surface area contributed by atoms with Crippen molar-refractivity contribution in [2.75, 3.05) is 77.0 Å². The van der Waals surface area contributed by atoms with E-state index in [1.807, 2.05) is 0 Å². The zero-order valence-corrected chi connectivity index (χ0v) is 69.7. The Balaban J connectivity index is 2.59. The number of allylic oxidation sites excluding steroid dienone is 16. The van der Waals surface area contributed by atoms with Gasteiger partial charge in [-0.3, -0.25) is 29.2 Å². The lowest BCUT2D eigenvalue weighted by Gasteiger charge is -2.44. The van der Waals surface area contributed by atoms with Crippen molar-refractivity contribution in [1.29, 1.82) is 0 Å². The van der Waals surface area contributed by atoms with Crippen LogP contribution in [0.1, 0.15) is 356 Å². The standard InChI is InChI=1S/C91H166N4O6S2/c1-7-11-15-19-23-27-31-35-39-43-47-51-55-59-66-86(96)80-92(81-87(97)67-60-56-52-48-44-40-36-32-28-24-20-16-12-8-2)72-64-63-70-90(100)102-76-74-94-78-85(6)95(79-84(94)5)75-77-103-91(101)71-65-73-93(82-88(98)68-61-57-53-49-45-41-37-33-29-25-21-17-13-9-3)83-89(99)69-62-58-54-50-46-42-38-34-30-26-22-18-14-10-4/h23-30,35-42,84-89,96-99H,7-22,31-34,43-83H2,1-6H3/b27-23-,28-24-,29-25-,30-26-,39-35-,40-36-,41-37-,42-38-. The van der Waals surface area contributed by atoms with Crippen LogP contribution >= 0.6 is 23.5 Å². The maximum absolute atomic E-state index is 13.4. The van der Waals surface area contributed by atoms with Crippen molar-refractivity contribution in [3.05, 3.63) is 97.2 Å². The van der Waals surface area contributed by atoms with Crippen LogP contribution in [0.3, 0.4) is 0 Å². The molecular formula is C91H166N4O6S2. The van der Waals surface area contributed by atoms with Gasteiger partial charge in [0.1, 0.15) is 0 Å². The Labute approximate surface area is 646 Å². The highest BCUT2D eigenvalue weighted by atomic mass is 32.2. The second-order valence-corrected chi connectivity index (χ2v) is 32.8. The monoisotopic (exact) mass is 1480 g/mol. The van der Waals surface area contributed by atoms with Gasteiger partial charge in [-0.25, -0.2) is 0 Å². The smallest absolute Gasteiger partial charge is 0.189 e. The molecule has 0 saturated carbocycles. The Hall–Kier alpha value is -2.36. The van der Waals surface area contributed by atoms with Gasteiger partial charge in [-0.05, 0) is 200 Å². The number of hydrogen-bond acceptors (Lipinski definition) is 12. The Bertz CT molecular complexity index is 2010. The number of aliphatic hydroxyl groups is 4. The molecule has 1 aliphatic heterocycles. The molecule has 0 spiro atoms. The number of rotatable bonds is 75. The van der Waals surface area contributed by atoms with E-state index in [1.54, 1.807) is 0 Å². The zero-order valence-electron chi connectivity index (χ0n) is 68.0. The van der Waals surface area contributed by atoms with Crippen LogP contribution in [0.4, 0.5) is 0 Å². The molecule has 6 unspecified atom stereocenters. The number of nitrogens with zero attached hydrogens (tertiary/aromatic N) is 4. The number of aliphatic hydroxyl groups excluding tert-OH is 4. The average molecular weight is 1480 g/mol. The highest BCUT2D eigenvalue weighted by Crippen LogP contribution is 2.22. The Kier molecular flexibility index (Phi) is 73.2. The van der Waals surface area contributed by atoms with Crippen LogP contribution in [-0.2, 0) is 9.59 Å². The third-order valence-corrected chi connectivity index (χ3v) is 22.1. The van der Waals surface area contributed by atoms with E-state index in [9.17, 15) is 30.0 Å². The molecule has 1 saturated heterocycles. The highest BCUT2D eigenvalue weighted by molar-refractivity contribution is 8.13. The molecule has 0 aromatic rings. The molecule has 103 heavy (non-hydrogen) atoms. The van der Waals surface area contributed by atoms with Crippen LogP contribution in [0.5, 0.6) is 0 Å². The lowest BCUT2D eigenvalue weighted by molar-refractivity contribution is -0.111. The molecule has 12 heteroatoms. The molecule has 10 nitrogen and oxygen atoms in total. The summed E-state index contributed by atoms with van der Waals surface area (Å²) in [6.45, 7) is 21.0. The van der Waals surface area contributed by atoms with Gasteiger partial charge in [-0.15, -0.1) is 0 Å². The van der Waals surface area contributed by atoms with Crippen molar-refractivity contribution < 1.29 is 30.0 Å². The van der Waals surface area contributed by atoms with Crippen LogP contribution < -0.4 is 0 Å². The summed E-state index contributed by atoms with van der Waals surface area (Å²) in [7, 11) is 0. The van der Waals surface area contributed by atoms with E-state index in [2.05, 4.69) is 158 Å². The van der Waals surface area contributed by atoms with Gasteiger partial charge in [0, 0.05) is 88.8 Å². The fraction of sp³-hybridized carbons (Fsp3) is 0.802. The molecule has 0 radical (unpaired) electrons. The molecule has 0 amide bonds. The second kappa shape index (κ2) is 76.4. The molecule has 6 atom stereocenters. The predicted octanol–water partition coefficient (Wildman–Crippen LogP) is 23.6. The molecular weight excluding hydrogens is 1310 g/mol. The largest absolute Gasteiger partial charge is 0.392 e. The molecule has 1 fully saturated rings. The summed E-state index contributed by atoms with van der Waals surface area (Å²) in [6, 6.07) is 0.730. The van der Waals surface area contributed by atoms with Gasteiger partial charge >= 0.3 is 0 Å². The fourth-order valence-electron chi connectivity index (χ4n) is 13.8. The van der Waals surface area contributed by atoms with Gasteiger partial charge in [0.15, 0.2) is 10.2 Å². The molecule has 0 bridgehead atoms. The molecule has 598 valence electrons. The number of thioether (sulfide) groups is 2. The van der Waals surface area contributed by atoms with E-state index in [0.29, 0.717) is 57.6 Å². The topological polar surface area (TPSA) is 128 Å². The molecule has 0 aliphatic carbocycles. The minimum absolute atomic E-state index is 0.227. The van der Waals surface area contributed by atoms with Crippen molar-refractivity contribution in [2.45, 2.75) is 393 Å². The number of carbonyl (C=O) groups excluding carboxylic acids is 2. The van der Waals surface area contributed by atoms with Gasteiger partial charge < -0.3 is 20.4 Å². The van der Waals surface area contributed by atoms with Crippen LogP contribution in [0, 0.1) is 0 Å². The maximum atomic E-state index is 13.4. The second-order valence-electron chi connectivity index (χ2n) is 30.5. The number of carbonyl (C=O) groups is 2. The lowest BCUT2D eigenvalue weighted by atomic mass is 10.1. The molecule has 1 heterocycles. The van der Waals surface area contributed by atoms with Crippen LogP contribution in [0.15, 0.2) is 97.2 Å². The first-order valence-electron chi connectivity index (χ1n) is 43.6. The molecule has 1 aliphatic rings. The van der Waals surface area contributed by atoms with Gasteiger partial charge in [0.2, 0.25) is 0 Å². The first-order valence-corrected chi connectivity index (χ1v) is 45.5. The minimum Gasteiger partial charge on any atom is -0.392 e. The predicted molar refractivity (Wildman–Crippen MR) is 456 cm³/mol. The van der Waals surface area contributed by atoms with Gasteiger partial charge in [-0.2, -0.15) is 0 Å². The summed E-state index contributed by atoms with van der Waals surface area (Å²) in [4.78, 5) is 36.2. The van der Waals surface area contributed by atoms with Crippen molar-refractivity contribution >= 4 is 33.8 Å². The van der Waals surface area contributed by atoms with Crippen LogP contribution in [0.25, 0.3) is 0 Å². The van der Waals surface area contributed by atoms with Crippen molar-refractivity contribution in [3.8, 4) is 0 Å². The number of hydrogen-bond donors (Lipinski definition) is 4. The Morgan fingerprint density at radius 2 is 0.573 bits per heavy atom. The first-order chi connectivity index (χ1) is 50.4. The lowest BCUT2D eigenvalue weighted by Crippen LogP contribution is -2.57. The maximum Gasteiger partial charge on any atom is 0.189 e. The minimum atomic E-state index is -0.438. The van der Waals surface area contributed by atoms with E-state index in [1.165, 1.54) is 178 Å². The number of unbranched alkanes of at least 4 members (excludes halogenated alkanes) is 29. The van der Waals surface area contributed by atoms with Crippen molar-refractivity contribution in [2.24, 2.45) is 0 Å². The molecule has 1 rings (SSSR count). The molecule has 4 N–H and O–H groups in total. The third kappa shape index (κ3) is 67.5. The quantitative estimate of drug-likeness (QED) is 0.0342. The summed E-state index contributed by atoms with van der Waals surface area (Å²) < 4.78 is 0. The third-order valence-electron chi connectivity index (χ3n) is 20.3. The molecule has 0 aromatic heterocycles. The highest BCUT2D eigenvalue weighted by Gasteiger charge is 2.29. The summed E-state index contributed by atoms with van der Waals surface area (Å²) in [5.41, 5.74) is 0. The van der Waals surface area contributed by atoms with Gasteiger partial charge in [0.25, 0.3) is 0 Å². The van der Waals surface area contributed by atoms with E-state index in [0.717, 1.165) is 192 Å². The van der Waals surface area contributed by atoms with E-state index in [4.69, 9.17) is 0 Å². The zero-order chi connectivity index (χ0) is 74.8. The van der Waals surface area contributed by atoms with Gasteiger partial charge in [0.05, 0.1) is 24.4 Å². The summed E-state index contributed by atoms with van der Waals surface area (Å²) in [5.74, 6) is 1.56. The van der Waals surface area contributed by atoms with Crippen molar-refractivity contribution in [3.63, 3.8) is 0 Å². The first kappa shape index (κ1) is 98.6. The normalized spacial score (nSPS) is 16.5. The fourth-order valence-corrected chi connectivity index (χ4v) is 15.5. The molecule has 0 aromatic carbocycles. The van der Waals surface area contributed by atoms with E-state index < -0.39 is 24.4 Å². The van der Waals surface area contributed by atoms with Gasteiger partial charge in [-0.1, -0.05) is 277 Å². The summed E-state index contributed by atoms with van der Waals surface area (Å²) >= 11 is 2.93. The number of piperazine rings is 1. The van der Waals surface area contributed by atoms with E-state index >= 15 is 0 Å². The van der Waals surface area contributed by atoms with Crippen molar-refractivity contribution in [1.82, 2.24) is 19.6 Å². The Morgan fingerprint density at radius 1 is 0.330 bits per heavy atom. The van der Waals surface area contributed by atoms with E-state index in [-0.39, 0.29) is 10.2 Å². The van der Waals surface area contributed by atoms with Crippen LogP contribution in [0.2, 0.25) is 0 Å². The summed E-state index contributed by atoms with van der Waals surface area (Å²) in [6.07, 6.45) is 88.7. The SMILES string of the molecule is CCCCC/C=C\C/C=C\CCCCCCC(O)CN(CCCCC(=O)SCCN1CC(C)N(CCSC(=O)CCCN(CC(O)CCCCCC/C=C\C/C=C\CCCCC)CC(O)CCCCCC/C=C\C/C=C\CCCCC)CC1C)CC(O)CCCCCC/C=C\C/C=C\CCCCC. The average Bonchev–Trinajstić information content (AvgIpc) is 0.850. The Morgan fingerprint density at radius 3 is 0.845 bits per heavy atom. The summed E-state index contributed by atoms with van der Waals surface area (Å²) in [5, 5.41) is 45.5.